The summed E-state index contributed by atoms with van der Waals surface area (Å²) in [5.74, 6) is 0.319. The number of nitrogens with two attached hydrogens (primary N) is 1. The molecule has 0 spiro atoms. The van der Waals surface area contributed by atoms with Crippen LogP contribution in [-0.4, -0.2) is 29.9 Å². The van der Waals surface area contributed by atoms with Crippen LogP contribution in [0.25, 0.3) is 5.57 Å². The van der Waals surface area contributed by atoms with Crippen LogP contribution in [0.1, 0.15) is 31.2 Å². The summed E-state index contributed by atoms with van der Waals surface area (Å²) >= 11 is 0. The first-order valence-corrected chi connectivity index (χ1v) is 7.54. The Morgan fingerprint density at radius 2 is 2.00 bits per heavy atom. The van der Waals surface area contributed by atoms with E-state index in [0.29, 0.717) is 0 Å². The molecule has 1 aliphatic heterocycles. The summed E-state index contributed by atoms with van der Waals surface area (Å²) in [7, 11) is 0. The van der Waals surface area contributed by atoms with Crippen LogP contribution >= 0.6 is 0 Å². The van der Waals surface area contributed by atoms with Gasteiger partial charge in [-0.05, 0) is 30.4 Å². The number of benzene rings is 1. The summed E-state index contributed by atoms with van der Waals surface area (Å²) in [5, 5.41) is 0. The van der Waals surface area contributed by atoms with Gasteiger partial charge in [-0.25, -0.2) is 0 Å². The van der Waals surface area contributed by atoms with E-state index in [2.05, 4.69) is 30.3 Å². The number of amides is 1. The Hall–Kier alpha value is -1.61. The lowest BCUT2D eigenvalue weighted by molar-refractivity contribution is -0.135. The van der Waals surface area contributed by atoms with Crippen molar-refractivity contribution in [1.82, 2.24) is 4.90 Å². The van der Waals surface area contributed by atoms with Crippen LogP contribution in [0.5, 0.6) is 0 Å². The minimum Gasteiger partial charge on any atom is -0.338 e. The highest BCUT2D eigenvalue weighted by Gasteiger charge is 2.33. The van der Waals surface area contributed by atoms with E-state index in [0.717, 1.165) is 38.8 Å². The Morgan fingerprint density at radius 1 is 1.20 bits per heavy atom. The summed E-state index contributed by atoms with van der Waals surface area (Å²) in [5.41, 5.74) is 8.67. The average molecular weight is 270 g/mol. The highest BCUT2D eigenvalue weighted by atomic mass is 16.2. The van der Waals surface area contributed by atoms with E-state index < -0.39 is 0 Å². The fourth-order valence-electron chi connectivity index (χ4n) is 3.31. The molecule has 0 bridgehead atoms. The van der Waals surface area contributed by atoms with Crippen LogP contribution < -0.4 is 5.73 Å². The zero-order valence-corrected chi connectivity index (χ0v) is 11.8. The number of rotatable bonds is 2. The second-order valence-electron chi connectivity index (χ2n) is 5.83. The van der Waals surface area contributed by atoms with Gasteiger partial charge in [0, 0.05) is 19.1 Å². The second kappa shape index (κ2) is 5.80. The number of hydrogen-bond acceptors (Lipinski definition) is 2. The van der Waals surface area contributed by atoms with E-state index in [1.54, 1.807) is 0 Å². The van der Waals surface area contributed by atoms with Gasteiger partial charge in [-0.3, -0.25) is 4.79 Å². The maximum Gasteiger partial charge on any atom is 0.227 e. The van der Waals surface area contributed by atoms with E-state index in [9.17, 15) is 4.79 Å². The van der Waals surface area contributed by atoms with E-state index in [1.807, 2.05) is 11.0 Å². The first-order chi connectivity index (χ1) is 9.75. The molecule has 1 amide bonds. The SMILES string of the molecule is NC1CCCC1C(=O)N1CC=C(c2ccccc2)CC1. The molecule has 2 aliphatic rings. The molecular formula is C17H22N2O. The van der Waals surface area contributed by atoms with Crippen molar-refractivity contribution in [3.63, 3.8) is 0 Å². The Balaban J connectivity index is 1.66. The summed E-state index contributed by atoms with van der Waals surface area (Å²) in [6, 6.07) is 10.5. The van der Waals surface area contributed by atoms with Gasteiger partial charge in [0.2, 0.25) is 5.91 Å². The van der Waals surface area contributed by atoms with E-state index >= 15 is 0 Å². The van der Waals surface area contributed by atoms with Gasteiger partial charge in [-0.1, -0.05) is 42.8 Å². The predicted molar refractivity (Wildman–Crippen MR) is 80.9 cm³/mol. The van der Waals surface area contributed by atoms with Crippen molar-refractivity contribution in [2.75, 3.05) is 13.1 Å². The zero-order valence-electron chi connectivity index (χ0n) is 11.8. The Morgan fingerprint density at radius 3 is 2.60 bits per heavy atom. The van der Waals surface area contributed by atoms with Gasteiger partial charge in [-0.2, -0.15) is 0 Å². The molecule has 1 aromatic rings. The summed E-state index contributed by atoms with van der Waals surface area (Å²) in [4.78, 5) is 14.4. The van der Waals surface area contributed by atoms with Crippen LogP contribution in [0.2, 0.25) is 0 Å². The minimum atomic E-state index is 0.0571. The van der Waals surface area contributed by atoms with E-state index in [1.165, 1.54) is 11.1 Å². The van der Waals surface area contributed by atoms with Crippen molar-refractivity contribution in [3.8, 4) is 0 Å². The molecule has 1 fully saturated rings. The normalized spacial score (nSPS) is 26.4. The Bertz CT molecular complexity index is 509. The van der Waals surface area contributed by atoms with Crippen molar-refractivity contribution < 1.29 is 4.79 Å². The standard InChI is InChI=1S/C17H22N2O/c18-16-8-4-7-15(16)17(20)19-11-9-14(10-12-19)13-5-2-1-3-6-13/h1-3,5-6,9,15-16H,4,7-8,10-12,18H2. The molecule has 3 heteroatoms. The quantitative estimate of drug-likeness (QED) is 0.897. The fourth-order valence-corrected chi connectivity index (χ4v) is 3.31. The van der Waals surface area contributed by atoms with Crippen molar-refractivity contribution in [2.24, 2.45) is 11.7 Å². The second-order valence-corrected chi connectivity index (χ2v) is 5.83. The molecule has 3 rings (SSSR count). The lowest BCUT2D eigenvalue weighted by Gasteiger charge is -2.30. The molecule has 106 valence electrons. The van der Waals surface area contributed by atoms with Gasteiger partial charge in [-0.15, -0.1) is 0 Å². The van der Waals surface area contributed by atoms with Gasteiger partial charge < -0.3 is 10.6 Å². The third-order valence-corrected chi connectivity index (χ3v) is 4.55. The fraction of sp³-hybridized carbons (Fsp3) is 0.471. The summed E-state index contributed by atoms with van der Waals surface area (Å²) in [6.45, 7) is 1.55. The minimum absolute atomic E-state index is 0.0571. The molecule has 1 heterocycles. The van der Waals surface area contributed by atoms with E-state index in [-0.39, 0.29) is 17.9 Å². The zero-order chi connectivity index (χ0) is 13.9. The molecular weight excluding hydrogens is 248 g/mol. The molecule has 1 aliphatic carbocycles. The third kappa shape index (κ3) is 2.63. The van der Waals surface area contributed by atoms with Crippen molar-refractivity contribution in [2.45, 2.75) is 31.7 Å². The Labute approximate surface area is 120 Å². The number of carbonyl (C=O) groups excluding carboxylic acids is 1. The highest BCUT2D eigenvalue weighted by molar-refractivity contribution is 5.81. The maximum absolute atomic E-state index is 12.5. The molecule has 2 N–H and O–H groups in total. The molecule has 1 saturated carbocycles. The monoisotopic (exact) mass is 270 g/mol. The maximum atomic E-state index is 12.5. The molecule has 0 radical (unpaired) electrons. The average Bonchev–Trinajstić information content (AvgIpc) is 2.94. The first-order valence-electron chi connectivity index (χ1n) is 7.54. The molecule has 0 saturated heterocycles. The summed E-state index contributed by atoms with van der Waals surface area (Å²) < 4.78 is 0. The third-order valence-electron chi connectivity index (χ3n) is 4.55. The largest absolute Gasteiger partial charge is 0.338 e. The highest BCUT2D eigenvalue weighted by Crippen LogP contribution is 2.28. The summed E-state index contributed by atoms with van der Waals surface area (Å²) in [6.07, 6.45) is 6.19. The molecule has 2 atom stereocenters. The van der Waals surface area contributed by atoms with Gasteiger partial charge >= 0.3 is 0 Å². The van der Waals surface area contributed by atoms with Crippen molar-refractivity contribution in [1.29, 1.82) is 0 Å². The molecule has 2 unspecified atom stereocenters. The topological polar surface area (TPSA) is 46.3 Å². The van der Waals surface area contributed by atoms with Crippen LogP contribution in [0.4, 0.5) is 0 Å². The smallest absolute Gasteiger partial charge is 0.227 e. The van der Waals surface area contributed by atoms with E-state index in [4.69, 9.17) is 5.73 Å². The van der Waals surface area contributed by atoms with Crippen molar-refractivity contribution >= 4 is 11.5 Å². The predicted octanol–water partition coefficient (Wildman–Crippen LogP) is 2.43. The lowest BCUT2D eigenvalue weighted by atomic mass is 9.97. The van der Waals surface area contributed by atoms with Crippen LogP contribution in [0.15, 0.2) is 36.4 Å². The molecule has 1 aromatic carbocycles. The number of hydrogen-bond donors (Lipinski definition) is 1. The van der Waals surface area contributed by atoms with Crippen LogP contribution in [0, 0.1) is 5.92 Å². The first kappa shape index (κ1) is 13.4. The van der Waals surface area contributed by atoms with Crippen LogP contribution in [-0.2, 0) is 4.79 Å². The number of nitrogens with zero attached hydrogens (tertiary/aromatic N) is 1. The van der Waals surface area contributed by atoms with Gasteiger partial charge in [0.05, 0.1) is 5.92 Å². The van der Waals surface area contributed by atoms with Gasteiger partial charge in [0.25, 0.3) is 0 Å². The molecule has 3 nitrogen and oxygen atoms in total. The van der Waals surface area contributed by atoms with Gasteiger partial charge in [0.1, 0.15) is 0 Å². The lowest BCUT2D eigenvalue weighted by Crippen LogP contribution is -2.43. The van der Waals surface area contributed by atoms with Crippen molar-refractivity contribution in [3.05, 3.63) is 42.0 Å². The van der Waals surface area contributed by atoms with Crippen LogP contribution in [0.3, 0.4) is 0 Å². The Kier molecular flexibility index (Phi) is 3.88. The molecule has 0 aromatic heterocycles. The van der Waals surface area contributed by atoms with Gasteiger partial charge in [0.15, 0.2) is 0 Å². The number of carbonyl (C=O) groups is 1. The molecule has 20 heavy (non-hydrogen) atoms.